The maximum atomic E-state index is 12.6. The zero-order valence-corrected chi connectivity index (χ0v) is 10.0. The van der Waals surface area contributed by atoms with Gasteiger partial charge < -0.3 is 9.84 Å². The van der Waals surface area contributed by atoms with Crippen LogP contribution in [0, 0.1) is 0 Å². The molecule has 11 heteroatoms. The summed E-state index contributed by atoms with van der Waals surface area (Å²) in [5.41, 5.74) is -3.52. The first-order chi connectivity index (χ1) is 8.42. The highest BCUT2D eigenvalue weighted by Crippen LogP contribution is 2.40. The molecule has 0 spiro atoms. The molecule has 0 aromatic carbocycles. The Kier molecular flexibility index (Phi) is 3.98. The van der Waals surface area contributed by atoms with Gasteiger partial charge in [-0.2, -0.15) is 13.2 Å². The van der Waals surface area contributed by atoms with Crippen LogP contribution in [-0.4, -0.2) is 22.4 Å². The topological polar surface area (TPSA) is 59.4 Å². The minimum atomic E-state index is -5.44. The van der Waals surface area contributed by atoms with Crippen molar-refractivity contribution >= 4 is 21.9 Å². The molecular formula is C8H2BrF6NO3. The minimum Gasteiger partial charge on any atom is -0.478 e. The molecule has 1 N–H and O–H groups in total. The fourth-order valence-electron chi connectivity index (χ4n) is 1.12. The molecular weight excluding hydrogens is 352 g/mol. The SMILES string of the molecule is O=C(O)c1cc(Br)nc(OC(F)(F)F)c1C(F)(F)F. The summed E-state index contributed by atoms with van der Waals surface area (Å²) in [6.07, 6.45) is -10.8. The second-order valence-electron chi connectivity index (χ2n) is 3.02. The van der Waals surface area contributed by atoms with Gasteiger partial charge >= 0.3 is 18.5 Å². The van der Waals surface area contributed by atoms with Crippen molar-refractivity contribution in [1.29, 1.82) is 0 Å². The standard InChI is InChI=1S/C8H2BrF6NO3/c9-3-1-2(6(17)18)4(7(10,11)12)5(16-3)19-8(13,14)15/h1H,(H,17,18). The van der Waals surface area contributed by atoms with E-state index in [1.165, 1.54) is 0 Å². The Morgan fingerprint density at radius 2 is 1.79 bits per heavy atom. The van der Waals surface area contributed by atoms with E-state index >= 15 is 0 Å². The molecule has 0 amide bonds. The van der Waals surface area contributed by atoms with Crippen LogP contribution in [0.5, 0.6) is 5.88 Å². The van der Waals surface area contributed by atoms with E-state index in [0.29, 0.717) is 6.07 Å². The van der Waals surface area contributed by atoms with Crippen molar-refractivity contribution in [3.05, 3.63) is 21.8 Å². The first-order valence-electron chi connectivity index (χ1n) is 4.18. The molecule has 1 rings (SSSR count). The second-order valence-corrected chi connectivity index (χ2v) is 3.84. The summed E-state index contributed by atoms with van der Waals surface area (Å²) >= 11 is 2.50. The van der Waals surface area contributed by atoms with Gasteiger partial charge in [0.1, 0.15) is 10.2 Å². The largest absolute Gasteiger partial charge is 0.574 e. The molecule has 4 nitrogen and oxygen atoms in total. The van der Waals surface area contributed by atoms with Crippen LogP contribution < -0.4 is 4.74 Å². The molecule has 0 aliphatic carbocycles. The van der Waals surface area contributed by atoms with Crippen molar-refractivity contribution in [3.63, 3.8) is 0 Å². The molecule has 1 aromatic rings. The van der Waals surface area contributed by atoms with Crippen LogP contribution in [0.1, 0.15) is 15.9 Å². The van der Waals surface area contributed by atoms with Crippen LogP contribution in [0.2, 0.25) is 0 Å². The number of carbonyl (C=O) groups is 1. The van der Waals surface area contributed by atoms with Gasteiger partial charge in [-0.15, -0.1) is 13.2 Å². The average molecular weight is 354 g/mol. The van der Waals surface area contributed by atoms with E-state index in [0.717, 1.165) is 0 Å². The number of pyridine rings is 1. The van der Waals surface area contributed by atoms with Crippen LogP contribution >= 0.6 is 15.9 Å². The predicted octanol–water partition coefficient (Wildman–Crippen LogP) is 3.46. The third-order valence-electron chi connectivity index (χ3n) is 1.68. The maximum absolute atomic E-state index is 12.6. The van der Waals surface area contributed by atoms with Gasteiger partial charge in [0.15, 0.2) is 0 Å². The Balaban J connectivity index is 3.56. The number of carboxylic acid groups (broad SMARTS) is 1. The van der Waals surface area contributed by atoms with Gasteiger partial charge in [-0.25, -0.2) is 9.78 Å². The zero-order chi connectivity index (χ0) is 15.0. The summed E-state index contributed by atoms with van der Waals surface area (Å²) in [5.74, 6) is -3.95. The number of hydrogen-bond acceptors (Lipinski definition) is 3. The van der Waals surface area contributed by atoms with Crippen LogP contribution in [0.4, 0.5) is 26.3 Å². The fourth-order valence-corrected chi connectivity index (χ4v) is 1.51. The Morgan fingerprint density at radius 1 is 1.26 bits per heavy atom. The number of aromatic nitrogens is 1. The molecule has 1 heterocycles. The van der Waals surface area contributed by atoms with Gasteiger partial charge in [0, 0.05) is 0 Å². The van der Waals surface area contributed by atoms with Gasteiger partial charge in [-0.05, 0) is 22.0 Å². The summed E-state index contributed by atoms with van der Waals surface area (Å²) in [5, 5.41) is 8.59. The molecule has 0 unspecified atom stereocenters. The first kappa shape index (κ1) is 15.5. The highest BCUT2D eigenvalue weighted by molar-refractivity contribution is 9.10. The van der Waals surface area contributed by atoms with E-state index in [2.05, 4.69) is 25.7 Å². The number of aromatic carboxylic acids is 1. The highest BCUT2D eigenvalue weighted by atomic mass is 79.9. The van der Waals surface area contributed by atoms with E-state index in [1.807, 2.05) is 0 Å². The van der Waals surface area contributed by atoms with Gasteiger partial charge in [0.05, 0.1) is 5.56 Å². The normalized spacial score (nSPS) is 12.4. The van der Waals surface area contributed by atoms with E-state index < -0.39 is 40.1 Å². The first-order valence-corrected chi connectivity index (χ1v) is 4.98. The van der Waals surface area contributed by atoms with Crippen molar-refractivity contribution in [2.75, 3.05) is 0 Å². The van der Waals surface area contributed by atoms with E-state index in [9.17, 15) is 31.1 Å². The predicted molar refractivity (Wildman–Crippen MR) is 50.6 cm³/mol. The molecule has 0 aliphatic heterocycles. The lowest BCUT2D eigenvalue weighted by atomic mass is 10.1. The third kappa shape index (κ3) is 3.98. The summed E-state index contributed by atoms with van der Waals surface area (Å²) in [7, 11) is 0. The zero-order valence-electron chi connectivity index (χ0n) is 8.43. The van der Waals surface area contributed by atoms with Crippen molar-refractivity contribution in [2.45, 2.75) is 12.5 Å². The number of hydrogen-bond donors (Lipinski definition) is 1. The molecule has 0 fully saturated rings. The third-order valence-corrected chi connectivity index (χ3v) is 2.09. The molecule has 106 valence electrons. The van der Waals surface area contributed by atoms with Crippen LogP contribution in [0.25, 0.3) is 0 Å². The molecule has 0 radical (unpaired) electrons. The van der Waals surface area contributed by atoms with Crippen LogP contribution in [0.15, 0.2) is 10.7 Å². The number of halogens is 7. The molecule has 0 aliphatic rings. The number of rotatable bonds is 2. The number of carboxylic acids is 1. The summed E-state index contributed by atoms with van der Waals surface area (Å²) in [4.78, 5) is 13.5. The lowest BCUT2D eigenvalue weighted by molar-refractivity contribution is -0.278. The van der Waals surface area contributed by atoms with Crippen LogP contribution in [0.3, 0.4) is 0 Å². The number of alkyl halides is 6. The molecule has 1 aromatic heterocycles. The number of ether oxygens (including phenoxy) is 1. The van der Waals surface area contributed by atoms with Gasteiger partial charge in [-0.3, -0.25) is 0 Å². The molecule has 0 bridgehead atoms. The summed E-state index contributed by atoms with van der Waals surface area (Å²) in [6, 6.07) is 0.425. The molecule has 0 atom stereocenters. The van der Waals surface area contributed by atoms with Gasteiger partial charge in [0.2, 0.25) is 5.88 Å². The van der Waals surface area contributed by atoms with Gasteiger partial charge in [-0.1, -0.05) is 0 Å². The number of nitrogens with zero attached hydrogens (tertiary/aromatic N) is 1. The van der Waals surface area contributed by atoms with Crippen molar-refractivity contribution < 1.29 is 41.0 Å². The summed E-state index contributed by atoms with van der Waals surface area (Å²) < 4.78 is 76.3. The second kappa shape index (κ2) is 4.87. The summed E-state index contributed by atoms with van der Waals surface area (Å²) in [6.45, 7) is 0. The Bertz CT molecular complexity index is 512. The lowest BCUT2D eigenvalue weighted by Crippen LogP contribution is -2.23. The van der Waals surface area contributed by atoms with Crippen molar-refractivity contribution in [3.8, 4) is 5.88 Å². The average Bonchev–Trinajstić information content (AvgIpc) is 2.10. The van der Waals surface area contributed by atoms with Crippen molar-refractivity contribution in [1.82, 2.24) is 4.98 Å². The minimum absolute atomic E-state index is 0.425. The van der Waals surface area contributed by atoms with Gasteiger partial charge in [0.25, 0.3) is 0 Å². The van der Waals surface area contributed by atoms with Crippen molar-refractivity contribution in [2.24, 2.45) is 0 Å². The quantitative estimate of drug-likeness (QED) is 0.653. The molecule has 0 saturated carbocycles. The molecule has 19 heavy (non-hydrogen) atoms. The fraction of sp³-hybridized carbons (Fsp3) is 0.250. The van der Waals surface area contributed by atoms with E-state index in [1.54, 1.807) is 0 Å². The Labute approximate surface area is 109 Å². The highest BCUT2D eigenvalue weighted by Gasteiger charge is 2.44. The monoisotopic (exact) mass is 353 g/mol. The Hall–Kier alpha value is -1.52. The maximum Gasteiger partial charge on any atom is 0.574 e. The van der Waals surface area contributed by atoms with E-state index in [-0.39, 0.29) is 0 Å². The smallest absolute Gasteiger partial charge is 0.478 e. The Morgan fingerprint density at radius 3 is 2.16 bits per heavy atom. The van der Waals surface area contributed by atoms with E-state index in [4.69, 9.17) is 5.11 Å². The lowest BCUT2D eigenvalue weighted by Gasteiger charge is -2.16. The van der Waals surface area contributed by atoms with Crippen LogP contribution in [-0.2, 0) is 6.18 Å². The molecule has 0 saturated heterocycles.